The molecular formula is C21H25N3O3S. The molecule has 0 radical (unpaired) electrons. The number of benzene rings is 1. The zero-order chi connectivity index (χ0) is 19.7. The van der Waals surface area contributed by atoms with Crippen LogP contribution in [-0.4, -0.2) is 43.2 Å². The Hall–Kier alpha value is -2.25. The number of amides is 1. The van der Waals surface area contributed by atoms with Gasteiger partial charge in [-0.2, -0.15) is 4.31 Å². The summed E-state index contributed by atoms with van der Waals surface area (Å²) in [6.45, 7) is 3.74. The van der Waals surface area contributed by atoms with E-state index < -0.39 is 10.0 Å². The minimum atomic E-state index is -3.48. The van der Waals surface area contributed by atoms with Gasteiger partial charge in [0.25, 0.3) is 0 Å². The molecule has 0 unspecified atom stereocenters. The van der Waals surface area contributed by atoms with Gasteiger partial charge in [-0.15, -0.1) is 0 Å². The summed E-state index contributed by atoms with van der Waals surface area (Å²) in [5, 5.41) is 0. The summed E-state index contributed by atoms with van der Waals surface area (Å²) in [4.78, 5) is 19.0. The van der Waals surface area contributed by atoms with Crippen LogP contribution in [0.15, 0.2) is 41.6 Å². The molecule has 1 saturated heterocycles. The molecular weight excluding hydrogens is 374 g/mol. The van der Waals surface area contributed by atoms with Crippen LogP contribution >= 0.6 is 0 Å². The molecule has 0 saturated carbocycles. The number of rotatable bonds is 5. The zero-order valence-electron chi connectivity index (χ0n) is 16.1. The third-order valence-corrected chi connectivity index (χ3v) is 7.41. The van der Waals surface area contributed by atoms with E-state index in [1.165, 1.54) is 0 Å². The molecule has 7 heteroatoms. The summed E-state index contributed by atoms with van der Waals surface area (Å²) in [6, 6.07) is 7.26. The maximum Gasteiger partial charge on any atom is 0.243 e. The van der Waals surface area contributed by atoms with Gasteiger partial charge in [-0.3, -0.25) is 9.78 Å². The van der Waals surface area contributed by atoms with E-state index in [0.29, 0.717) is 32.5 Å². The molecule has 0 N–H and O–H groups in total. The van der Waals surface area contributed by atoms with E-state index in [0.717, 1.165) is 41.6 Å². The molecule has 1 amide bonds. The van der Waals surface area contributed by atoms with Crippen LogP contribution in [0, 0.1) is 6.92 Å². The number of anilines is 1. The smallest absolute Gasteiger partial charge is 0.243 e. The highest BCUT2D eigenvalue weighted by atomic mass is 32.2. The fourth-order valence-electron chi connectivity index (χ4n) is 4.00. The van der Waals surface area contributed by atoms with Gasteiger partial charge in [0.2, 0.25) is 15.9 Å². The normalized spacial score (nSPS) is 17.1. The van der Waals surface area contributed by atoms with Crippen LogP contribution in [0.1, 0.15) is 36.0 Å². The van der Waals surface area contributed by atoms with Crippen molar-refractivity contribution in [1.29, 1.82) is 0 Å². The van der Waals surface area contributed by atoms with Crippen LogP contribution < -0.4 is 4.90 Å². The van der Waals surface area contributed by atoms with Crippen LogP contribution in [0.25, 0.3) is 0 Å². The summed E-state index contributed by atoms with van der Waals surface area (Å²) in [5.74, 6) is 0.0241. The second kappa shape index (κ2) is 7.64. The van der Waals surface area contributed by atoms with Crippen molar-refractivity contribution < 1.29 is 13.2 Å². The molecule has 6 nitrogen and oxygen atoms in total. The highest BCUT2D eigenvalue weighted by molar-refractivity contribution is 7.89. The average molecular weight is 400 g/mol. The van der Waals surface area contributed by atoms with Crippen LogP contribution in [0.2, 0.25) is 0 Å². The Morgan fingerprint density at radius 3 is 2.64 bits per heavy atom. The summed E-state index contributed by atoms with van der Waals surface area (Å²) in [6.07, 6.45) is 7.17. The van der Waals surface area contributed by atoms with E-state index in [1.54, 1.807) is 33.7 Å². The predicted molar refractivity (Wildman–Crippen MR) is 108 cm³/mol. The second-order valence-corrected chi connectivity index (χ2v) is 9.51. The van der Waals surface area contributed by atoms with Gasteiger partial charge < -0.3 is 4.90 Å². The number of aromatic nitrogens is 1. The number of hydrogen-bond acceptors (Lipinski definition) is 4. The Bertz CT molecular complexity index is 998. The molecule has 0 spiro atoms. The average Bonchev–Trinajstić information content (AvgIpc) is 3.36. The fraction of sp³-hybridized carbons (Fsp3) is 0.429. The van der Waals surface area contributed by atoms with Crippen molar-refractivity contribution in [3.8, 4) is 0 Å². The molecule has 28 heavy (non-hydrogen) atoms. The lowest BCUT2D eigenvalue weighted by Gasteiger charge is -2.20. The van der Waals surface area contributed by atoms with E-state index in [-0.39, 0.29) is 10.8 Å². The van der Waals surface area contributed by atoms with Crippen molar-refractivity contribution in [3.05, 3.63) is 53.3 Å². The number of aryl methyl sites for hydroxylation is 2. The van der Waals surface area contributed by atoms with E-state index in [1.807, 2.05) is 19.1 Å². The Morgan fingerprint density at radius 1 is 1.11 bits per heavy atom. The summed E-state index contributed by atoms with van der Waals surface area (Å²) in [7, 11) is -3.48. The first-order valence-electron chi connectivity index (χ1n) is 9.79. The van der Waals surface area contributed by atoms with Crippen LogP contribution in [0.3, 0.4) is 0 Å². The van der Waals surface area contributed by atoms with Crippen molar-refractivity contribution in [2.45, 2.75) is 43.9 Å². The largest absolute Gasteiger partial charge is 0.312 e. The molecule has 1 aromatic carbocycles. The van der Waals surface area contributed by atoms with E-state index in [4.69, 9.17) is 0 Å². The number of sulfonamides is 1. The van der Waals surface area contributed by atoms with Crippen molar-refractivity contribution in [2.24, 2.45) is 0 Å². The molecule has 0 bridgehead atoms. The summed E-state index contributed by atoms with van der Waals surface area (Å²) >= 11 is 0. The van der Waals surface area contributed by atoms with Gasteiger partial charge in [0.05, 0.1) is 4.90 Å². The quantitative estimate of drug-likeness (QED) is 0.775. The van der Waals surface area contributed by atoms with Crippen molar-refractivity contribution in [1.82, 2.24) is 9.29 Å². The predicted octanol–water partition coefficient (Wildman–Crippen LogP) is 2.70. The number of carbonyl (C=O) groups excluding carboxylic acids is 1. The molecule has 0 aliphatic carbocycles. The Labute approximate surface area is 166 Å². The maximum atomic E-state index is 12.9. The fourth-order valence-corrected chi connectivity index (χ4v) is 5.53. The Balaban J connectivity index is 1.52. The maximum absolute atomic E-state index is 12.9. The topological polar surface area (TPSA) is 70.6 Å². The third-order valence-electron chi connectivity index (χ3n) is 5.52. The monoisotopic (exact) mass is 399 g/mol. The van der Waals surface area contributed by atoms with Crippen LogP contribution in [-0.2, 0) is 27.7 Å². The molecule has 4 rings (SSSR count). The SMILES string of the molecule is Cc1cncc(CCC(=O)N2CCc3ccc(S(=O)(=O)N4CCCC4)cc32)c1. The second-order valence-electron chi connectivity index (χ2n) is 7.57. The van der Waals surface area contributed by atoms with E-state index in [9.17, 15) is 13.2 Å². The number of fused-ring (bicyclic) bond motifs is 1. The van der Waals surface area contributed by atoms with Crippen molar-refractivity contribution in [3.63, 3.8) is 0 Å². The lowest BCUT2D eigenvalue weighted by atomic mass is 10.1. The van der Waals surface area contributed by atoms with Gasteiger partial charge in [-0.1, -0.05) is 12.1 Å². The molecule has 3 heterocycles. The first-order chi connectivity index (χ1) is 13.4. The van der Waals surface area contributed by atoms with Crippen molar-refractivity contribution in [2.75, 3.05) is 24.5 Å². The van der Waals surface area contributed by atoms with Gasteiger partial charge in [-0.25, -0.2) is 8.42 Å². The number of carbonyl (C=O) groups is 1. The summed E-state index contributed by atoms with van der Waals surface area (Å²) in [5.41, 5.74) is 3.89. The molecule has 148 valence electrons. The van der Waals surface area contributed by atoms with Crippen LogP contribution in [0.5, 0.6) is 0 Å². The van der Waals surface area contributed by atoms with Crippen molar-refractivity contribution >= 4 is 21.6 Å². The standard InChI is InChI=1S/C21H25N3O3S/c1-16-12-17(15-22-14-16)4-7-21(25)24-11-8-18-5-6-19(13-20(18)24)28(26,27)23-9-2-3-10-23/h5-6,12-15H,2-4,7-11H2,1H3. The first-order valence-corrected chi connectivity index (χ1v) is 11.2. The van der Waals surface area contributed by atoms with Gasteiger partial charge in [-0.05, 0) is 61.4 Å². The summed E-state index contributed by atoms with van der Waals surface area (Å²) < 4.78 is 27.3. The number of pyridine rings is 1. The molecule has 2 aliphatic heterocycles. The van der Waals surface area contributed by atoms with Gasteiger partial charge in [0, 0.05) is 44.1 Å². The molecule has 0 atom stereocenters. The Kier molecular flexibility index (Phi) is 5.21. The first kappa shape index (κ1) is 19.1. The highest BCUT2D eigenvalue weighted by Crippen LogP contribution is 2.32. The lowest BCUT2D eigenvalue weighted by molar-refractivity contribution is -0.118. The molecule has 2 aromatic rings. The van der Waals surface area contributed by atoms with Crippen LogP contribution in [0.4, 0.5) is 5.69 Å². The lowest BCUT2D eigenvalue weighted by Crippen LogP contribution is -2.30. The van der Waals surface area contributed by atoms with Gasteiger partial charge in [0.15, 0.2) is 0 Å². The minimum Gasteiger partial charge on any atom is -0.312 e. The zero-order valence-corrected chi connectivity index (χ0v) is 16.9. The minimum absolute atomic E-state index is 0.0241. The number of nitrogens with zero attached hydrogens (tertiary/aromatic N) is 3. The third kappa shape index (κ3) is 3.69. The van der Waals surface area contributed by atoms with E-state index >= 15 is 0 Å². The van der Waals surface area contributed by atoms with E-state index in [2.05, 4.69) is 4.98 Å². The molecule has 2 aliphatic rings. The molecule has 1 aromatic heterocycles. The molecule has 1 fully saturated rings. The Morgan fingerprint density at radius 2 is 1.89 bits per heavy atom. The van der Waals surface area contributed by atoms with Gasteiger partial charge >= 0.3 is 0 Å². The van der Waals surface area contributed by atoms with Gasteiger partial charge in [0.1, 0.15) is 0 Å². The number of hydrogen-bond donors (Lipinski definition) is 0. The highest BCUT2D eigenvalue weighted by Gasteiger charge is 2.30.